The van der Waals surface area contributed by atoms with Crippen molar-refractivity contribution in [2.75, 3.05) is 6.54 Å². The van der Waals surface area contributed by atoms with E-state index in [9.17, 15) is 19.1 Å². The van der Waals surface area contributed by atoms with Gasteiger partial charge in [-0.25, -0.2) is 4.39 Å². The summed E-state index contributed by atoms with van der Waals surface area (Å²) in [5.74, 6) is -0.595. The second-order valence-corrected chi connectivity index (χ2v) is 5.74. The first-order valence-corrected chi connectivity index (χ1v) is 7.92. The highest BCUT2D eigenvalue weighted by atomic mass is 19.1. The van der Waals surface area contributed by atoms with Crippen LogP contribution < -0.4 is 10.6 Å². The van der Waals surface area contributed by atoms with Crippen molar-refractivity contribution in [2.24, 2.45) is 0 Å². The summed E-state index contributed by atoms with van der Waals surface area (Å²) >= 11 is 0. The van der Waals surface area contributed by atoms with E-state index in [-0.39, 0.29) is 25.3 Å². The Morgan fingerprint density at radius 1 is 1.16 bits per heavy atom. The molecule has 1 atom stereocenters. The van der Waals surface area contributed by atoms with Crippen LogP contribution >= 0.6 is 0 Å². The lowest BCUT2D eigenvalue weighted by Crippen LogP contribution is -2.40. The molecule has 0 fully saturated rings. The molecule has 0 spiro atoms. The lowest BCUT2D eigenvalue weighted by atomic mass is 10.1. The van der Waals surface area contributed by atoms with Crippen molar-refractivity contribution in [1.29, 1.82) is 0 Å². The zero-order chi connectivity index (χ0) is 18.4. The van der Waals surface area contributed by atoms with Crippen LogP contribution in [0.5, 0.6) is 0 Å². The molecule has 134 valence electrons. The molecular formula is C18H21FN2O4. The number of halogens is 1. The van der Waals surface area contributed by atoms with Crippen molar-refractivity contribution in [3.05, 3.63) is 58.8 Å². The minimum absolute atomic E-state index is 0.128. The largest absolute Gasteiger partial charge is 0.466 e. The van der Waals surface area contributed by atoms with Crippen LogP contribution in [0.2, 0.25) is 0 Å². The fourth-order valence-electron chi connectivity index (χ4n) is 2.40. The topological polar surface area (TPSA) is 91.6 Å². The number of hydrogen-bond acceptors (Lipinski definition) is 4. The number of aliphatic hydroxyl groups is 1. The van der Waals surface area contributed by atoms with Gasteiger partial charge in [-0.3, -0.25) is 9.59 Å². The number of carbonyl (C=O) groups excluding carboxylic acids is 2. The van der Waals surface area contributed by atoms with Crippen LogP contribution in [0.4, 0.5) is 4.39 Å². The maximum absolute atomic E-state index is 12.8. The molecule has 0 aliphatic rings. The monoisotopic (exact) mass is 348 g/mol. The van der Waals surface area contributed by atoms with E-state index in [0.717, 1.165) is 0 Å². The molecule has 0 saturated carbocycles. The van der Waals surface area contributed by atoms with E-state index in [1.54, 1.807) is 19.9 Å². The van der Waals surface area contributed by atoms with Gasteiger partial charge in [-0.1, -0.05) is 12.1 Å². The van der Waals surface area contributed by atoms with Gasteiger partial charge in [0.1, 0.15) is 17.3 Å². The molecule has 1 heterocycles. The van der Waals surface area contributed by atoms with Gasteiger partial charge >= 0.3 is 11.8 Å². The summed E-state index contributed by atoms with van der Waals surface area (Å²) in [6.07, 6.45) is -0.517. The van der Waals surface area contributed by atoms with Crippen molar-refractivity contribution >= 4 is 11.8 Å². The number of amides is 2. The molecular weight excluding hydrogens is 327 g/mol. The van der Waals surface area contributed by atoms with Crippen LogP contribution in [0, 0.1) is 19.7 Å². The highest BCUT2D eigenvalue weighted by Crippen LogP contribution is 2.23. The first-order valence-electron chi connectivity index (χ1n) is 7.92. The quantitative estimate of drug-likeness (QED) is 0.695. The molecule has 0 radical (unpaired) electrons. The Hall–Kier alpha value is -2.67. The van der Waals surface area contributed by atoms with Gasteiger partial charge in [-0.05, 0) is 44.0 Å². The maximum Gasteiger partial charge on any atom is 0.309 e. The number of benzene rings is 1. The summed E-state index contributed by atoms with van der Waals surface area (Å²) in [7, 11) is 0. The fourth-order valence-corrected chi connectivity index (χ4v) is 2.40. The van der Waals surface area contributed by atoms with E-state index in [1.807, 2.05) is 0 Å². The van der Waals surface area contributed by atoms with Gasteiger partial charge in [0.05, 0.1) is 6.10 Å². The summed E-state index contributed by atoms with van der Waals surface area (Å²) in [6.45, 7) is 3.82. The third kappa shape index (κ3) is 5.42. The van der Waals surface area contributed by atoms with Crippen molar-refractivity contribution in [1.82, 2.24) is 10.6 Å². The molecule has 0 bridgehead atoms. The number of carbonyl (C=O) groups is 2. The second-order valence-electron chi connectivity index (χ2n) is 5.74. The maximum atomic E-state index is 12.8. The molecule has 0 unspecified atom stereocenters. The highest BCUT2D eigenvalue weighted by Gasteiger charge is 2.16. The Morgan fingerprint density at radius 2 is 1.80 bits per heavy atom. The Balaban J connectivity index is 1.73. The van der Waals surface area contributed by atoms with E-state index in [2.05, 4.69) is 10.6 Å². The zero-order valence-corrected chi connectivity index (χ0v) is 14.1. The van der Waals surface area contributed by atoms with E-state index in [0.29, 0.717) is 22.6 Å². The standard InChI is InChI=1S/C18H21FN2O4/c1-11-9-15(12(2)25-11)16(22)7-8-20-17(23)18(24)21-10-13-3-5-14(19)6-4-13/h3-6,9,16,22H,7-8,10H2,1-2H3,(H,20,23)(H,21,24)/t16-/m0/s1. The number of rotatable bonds is 6. The third-order valence-electron chi connectivity index (χ3n) is 3.71. The Bertz CT molecular complexity index is 740. The number of furan rings is 1. The van der Waals surface area contributed by atoms with Gasteiger partial charge in [0.15, 0.2) is 0 Å². The van der Waals surface area contributed by atoms with E-state index in [1.165, 1.54) is 24.3 Å². The number of hydrogen-bond donors (Lipinski definition) is 3. The van der Waals surface area contributed by atoms with Crippen molar-refractivity contribution in [3.63, 3.8) is 0 Å². The average Bonchev–Trinajstić information content (AvgIpc) is 2.92. The SMILES string of the molecule is Cc1cc([C@@H](O)CCNC(=O)C(=O)NCc2ccc(F)cc2)c(C)o1. The molecule has 3 N–H and O–H groups in total. The molecule has 0 saturated heterocycles. The van der Waals surface area contributed by atoms with Crippen molar-refractivity contribution in [3.8, 4) is 0 Å². The first-order chi connectivity index (χ1) is 11.9. The Labute approximate surface area is 145 Å². The summed E-state index contributed by atoms with van der Waals surface area (Å²) < 4.78 is 18.1. The third-order valence-corrected chi connectivity index (χ3v) is 3.71. The predicted molar refractivity (Wildman–Crippen MR) is 89.0 cm³/mol. The van der Waals surface area contributed by atoms with Crippen LogP contribution in [0.3, 0.4) is 0 Å². The van der Waals surface area contributed by atoms with Gasteiger partial charge in [0, 0.05) is 18.7 Å². The summed E-state index contributed by atoms with van der Waals surface area (Å²) in [4.78, 5) is 23.4. The van der Waals surface area contributed by atoms with Crippen LogP contribution in [0.25, 0.3) is 0 Å². The van der Waals surface area contributed by atoms with Crippen molar-refractivity contribution < 1.29 is 23.5 Å². The van der Waals surface area contributed by atoms with Crippen LogP contribution in [0.1, 0.15) is 35.2 Å². The minimum atomic E-state index is -0.783. The number of nitrogens with one attached hydrogen (secondary N) is 2. The lowest BCUT2D eigenvalue weighted by Gasteiger charge is -2.10. The lowest BCUT2D eigenvalue weighted by molar-refractivity contribution is -0.139. The van der Waals surface area contributed by atoms with Crippen LogP contribution in [-0.2, 0) is 16.1 Å². The Kier molecular flexibility index (Phi) is 6.30. The summed E-state index contributed by atoms with van der Waals surface area (Å²) in [6, 6.07) is 7.36. The van der Waals surface area contributed by atoms with Gasteiger partial charge in [0.2, 0.25) is 0 Å². The van der Waals surface area contributed by atoms with Crippen LogP contribution in [0.15, 0.2) is 34.7 Å². The highest BCUT2D eigenvalue weighted by molar-refractivity contribution is 6.35. The molecule has 0 aliphatic heterocycles. The fraction of sp³-hybridized carbons (Fsp3) is 0.333. The normalized spacial score (nSPS) is 11.8. The number of aliphatic hydroxyl groups excluding tert-OH is 1. The van der Waals surface area contributed by atoms with Crippen molar-refractivity contribution in [2.45, 2.75) is 32.9 Å². The van der Waals surface area contributed by atoms with Gasteiger partial charge < -0.3 is 20.2 Å². The summed E-state index contributed by atoms with van der Waals surface area (Å²) in [5, 5.41) is 15.0. The second kappa shape index (κ2) is 8.43. The zero-order valence-electron chi connectivity index (χ0n) is 14.1. The molecule has 25 heavy (non-hydrogen) atoms. The number of aryl methyl sites for hydroxylation is 2. The van der Waals surface area contributed by atoms with Crippen LogP contribution in [-0.4, -0.2) is 23.5 Å². The van der Waals surface area contributed by atoms with E-state index < -0.39 is 17.9 Å². The van der Waals surface area contributed by atoms with Gasteiger partial charge in [-0.2, -0.15) is 0 Å². The predicted octanol–water partition coefficient (Wildman–Crippen LogP) is 1.89. The molecule has 2 rings (SSSR count). The summed E-state index contributed by atoms with van der Waals surface area (Å²) in [5.41, 5.74) is 1.36. The van der Waals surface area contributed by atoms with E-state index in [4.69, 9.17) is 4.42 Å². The first kappa shape index (κ1) is 18.7. The molecule has 2 amide bonds. The molecule has 2 aromatic rings. The van der Waals surface area contributed by atoms with Gasteiger partial charge in [-0.15, -0.1) is 0 Å². The van der Waals surface area contributed by atoms with Gasteiger partial charge in [0.25, 0.3) is 0 Å². The smallest absolute Gasteiger partial charge is 0.309 e. The Morgan fingerprint density at radius 3 is 2.40 bits per heavy atom. The average molecular weight is 348 g/mol. The molecule has 0 aliphatic carbocycles. The molecule has 1 aromatic heterocycles. The molecule has 1 aromatic carbocycles. The molecule has 7 heteroatoms. The van der Waals surface area contributed by atoms with E-state index >= 15 is 0 Å². The minimum Gasteiger partial charge on any atom is -0.466 e. The molecule has 6 nitrogen and oxygen atoms in total.